The third-order valence-corrected chi connectivity index (χ3v) is 5.68. The van der Waals surface area contributed by atoms with E-state index >= 15 is 0 Å². The molecular weight excluding hydrogens is 418 g/mol. The summed E-state index contributed by atoms with van der Waals surface area (Å²) in [4.78, 5) is 19.2. The molecule has 0 aliphatic carbocycles. The van der Waals surface area contributed by atoms with E-state index in [0.29, 0.717) is 36.7 Å². The van der Waals surface area contributed by atoms with Crippen molar-refractivity contribution in [3.8, 4) is 5.75 Å². The lowest BCUT2D eigenvalue weighted by molar-refractivity contribution is -0.136. The molecule has 1 fully saturated rings. The number of halogens is 2. The lowest BCUT2D eigenvalue weighted by Gasteiger charge is -2.34. The van der Waals surface area contributed by atoms with Crippen LogP contribution in [0.25, 0.3) is 0 Å². The fraction of sp³-hybridized carbons (Fsp3) is 0.435. The highest BCUT2D eigenvalue weighted by molar-refractivity contribution is 5.76. The lowest BCUT2D eigenvalue weighted by atomic mass is 10.0. The highest BCUT2D eigenvalue weighted by Gasteiger charge is 2.32. The number of carbonyl (C=O) groups excluding carboxylic acids is 1. The van der Waals surface area contributed by atoms with Gasteiger partial charge >= 0.3 is 0 Å². The minimum Gasteiger partial charge on any atom is -0.496 e. The summed E-state index contributed by atoms with van der Waals surface area (Å²) in [7, 11) is 1.62. The van der Waals surface area contributed by atoms with Gasteiger partial charge in [-0.25, -0.2) is 13.8 Å². The van der Waals surface area contributed by atoms with E-state index < -0.39 is 6.43 Å². The molecule has 3 aromatic rings. The van der Waals surface area contributed by atoms with Crippen LogP contribution in [0.5, 0.6) is 5.75 Å². The molecule has 9 heteroatoms. The van der Waals surface area contributed by atoms with Crippen molar-refractivity contribution in [2.45, 2.75) is 51.6 Å². The molecule has 0 radical (unpaired) electrons. The number of likely N-dealkylation sites (tertiary alicyclic amines) is 1. The number of aryl methyl sites for hydroxylation is 1. The summed E-state index contributed by atoms with van der Waals surface area (Å²) < 4.78 is 39.1. The average Bonchev–Trinajstić information content (AvgIpc) is 3.40. The van der Waals surface area contributed by atoms with E-state index in [1.807, 2.05) is 24.3 Å². The van der Waals surface area contributed by atoms with E-state index in [0.717, 1.165) is 28.8 Å². The largest absolute Gasteiger partial charge is 0.496 e. The molecule has 32 heavy (non-hydrogen) atoms. The first-order valence-corrected chi connectivity index (χ1v) is 10.6. The van der Waals surface area contributed by atoms with Crippen molar-refractivity contribution < 1.29 is 22.7 Å². The smallest absolute Gasteiger partial charge is 0.280 e. The molecule has 0 bridgehead atoms. The van der Waals surface area contributed by atoms with Crippen LogP contribution in [0.1, 0.15) is 60.3 Å². The first-order chi connectivity index (χ1) is 15.5. The van der Waals surface area contributed by atoms with Gasteiger partial charge in [-0.3, -0.25) is 9.48 Å². The molecule has 0 saturated carbocycles. The molecule has 1 amide bonds. The van der Waals surface area contributed by atoms with Crippen molar-refractivity contribution in [2.75, 3.05) is 13.7 Å². The van der Waals surface area contributed by atoms with Gasteiger partial charge in [0.15, 0.2) is 0 Å². The Hall–Kier alpha value is -3.23. The van der Waals surface area contributed by atoms with Gasteiger partial charge in [0, 0.05) is 18.5 Å². The van der Waals surface area contributed by atoms with E-state index in [2.05, 4.69) is 10.1 Å². The molecule has 1 unspecified atom stereocenters. The Morgan fingerprint density at radius 2 is 2.12 bits per heavy atom. The number of alkyl halides is 2. The Morgan fingerprint density at radius 3 is 2.91 bits per heavy atom. The maximum absolute atomic E-state index is 13.3. The zero-order chi connectivity index (χ0) is 22.7. The number of rotatable bonds is 7. The van der Waals surface area contributed by atoms with Crippen molar-refractivity contribution in [2.24, 2.45) is 0 Å². The number of hydrogen-bond acceptors (Lipinski definition) is 5. The Balaban J connectivity index is 1.51. The monoisotopic (exact) mass is 444 g/mol. The summed E-state index contributed by atoms with van der Waals surface area (Å²) in [5.41, 5.74) is 1.18. The van der Waals surface area contributed by atoms with Gasteiger partial charge in [0.25, 0.3) is 6.43 Å². The number of nitrogens with zero attached hydrogens (tertiary/aromatic N) is 4. The molecule has 1 aliphatic rings. The summed E-state index contributed by atoms with van der Waals surface area (Å²) in [5, 5.41) is 4.07. The molecule has 3 heterocycles. The third-order valence-electron chi connectivity index (χ3n) is 5.68. The van der Waals surface area contributed by atoms with Crippen LogP contribution in [-0.2, 0) is 17.8 Å². The molecule has 0 spiro atoms. The fourth-order valence-corrected chi connectivity index (χ4v) is 4.17. The highest BCUT2D eigenvalue weighted by atomic mass is 19.3. The molecule has 4 rings (SSSR count). The quantitative estimate of drug-likeness (QED) is 0.538. The van der Waals surface area contributed by atoms with Gasteiger partial charge in [0.2, 0.25) is 11.8 Å². The van der Waals surface area contributed by atoms with Gasteiger partial charge in [0.1, 0.15) is 29.8 Å². The number of carbonyl (C=O) groups is 1. The minimum atomic E-state index is -2.69. The number of oxazole rings is 1. The van der Waals surface area contributed by atoms with Crippen LogP contribution in [0.2, 0.25) is 0 Å². The number of aromatic nitrogens is 3. The predicted octanol–water partition coefficient (Wildman–Crippen LogP) is 4.47. The molecule has 170 valence electrons. The molecule has 2 aromatic heterocycles. The SMILES string of the molecule is COc1ccccc1Cc1cnc(C2CCCCN2C(=O)Cn2nc(C)cc2C(F)F)o1. The van der Waals surface area contributed by atoms with Gasteiger partial charge in [-0.2, -0.15) is 5.10 Å². The van der Waals surface area contributed by atoms with Crippen LogP contribution in [0.3, 0.4) is 0 Å². The number of ether oxygens (including phenoxy) is 1. The van der Waals surface area contributed by atoms with Crippen LogP contribution in [0.15, 0.2) is 40.9 Å². The summed E-state index contributed by atoms with van der Waals surface area (Å²) in [6.45, 7) is 1.92. The Kier molecular flexibility index (Phi) is 6.53. The van der Waals surface area contributed by atoms with Gasteiger partial charge in [-0.1, -0.05) is 18.2 Å². The van der Waals surface area contributed by atoms with Crippen molar-refractivity contribution in [1.82, 2.24) is 19.7 Å². The second kappa shape index (κ2) is 9.50. The van der Waals surface area contributed by atoms with Crippen molar-refractivity contribution in [3.63, 3.8) is 0 Å². The van der Waals surface area contributed by atoms with E-state index in [-0.39, 0.29) is 24.2 Å². The first kappa shape index (κ1) is 22.0. The van der Waals surface area contributed by atoms with Crippen LogP contribution in [0.4, 0.5) is 8.78 Å². The number of methoxy groups -OCH3 is 1. The van der Waals surface area contributed by atoms with Gasteiger partial charge in [0.05, 0.1) is 19.0 Å². The van der Waals surface area contributed by atoms with Crippen molar-refractivity contribution >= 4 is 5.91 Å². The van der Waals surface area contributed by atoms with Crippen molar-refractivity contribution in [3.05, 3.63) is 65.1 Å². The Labute approximate surface area is 185 Å². The molecule has 1 saturated heterocycles. The first-order valence-electron chi connectivity index (χ1n) is 10.6. The standard InChI is InChI=1S/C23H26F2N4O3/c1-15-11-19(22(24)25)29(27-15)14-21(30)28-10-6-5-8-18(28)23-26-13-17(32-23)12-16-7-3-4-9-20(16)31-2/h3-4,7,9,11,13,18,22H,5-6,8,10,12,14H2,1-2H3. The van der Waals surface area contributed by atoms with E-state index in [9.17, 15) is 13.6 Å². The molecule has 1 aromatic carbocycles. The van der Waals surface area contributed by atoms with E-state index in [1.54, 1.807) is 25.1 Å². The van der Waals surface area contributed by atoms with E-state index in [1.165, 1.54) is 6.07 Å². The molecule has 1 atom stereocenters. The summed E-state index contributed by atoms with van der Waals surface area (Å²) in [6.07, 6.45) is 1.98. The molecule has 7 nitrogen and oxygen atoms in total. The summed E-state index contributed by atoms with van der Waals surface area (Å²) >= 11 is 0. The van der Waals surface area contributed by atoms with Crippen molar-refractivity contribution in [1.29, 1.82) is 0 Å². The van der Waals surface area contributed by atoms with Crippen LogP contribution in [0, 0.1) is 6.92 Å². The highest BCUT2D eigenvalue weighted by Crippen LogP contribution is 2.32. The second-order valence-electron chi connectivity index (χ2n) is 7.92. The predicted molar refractivity (Wildman–Crippen MR) is 113 cm³/mol. The molecule has 0 N–H and O–H groups in total. The minimum absolute atomic E-state index is 0.237. The van der Waals surface area contributed by atoms with Crippen LogP contribution in [-0.4, -0.2) is 39.2 Å². The van der Waals surface area contributed by atoms with Gasteiger partial charge in [-0.05, 0) is 38.3 Å². The summed E-state index contributed by atoms with van der Waals surface area (Å²) in [6, 6.07) is 8.67. The molecule has 1 aliphatic heterocycles. The second-order valence-corrected chi connectivity index (χ2v) is 7.92. The Bertz CT molecular complexity index is 1080. The maximum Gasteiger partial charge on any atom is 0.280 e. The maximum atomic E-state index is 13.3. The van der Waals surface area contributed by atoms with Crippen LogP contribution < -0.4 is 4.74 Å². The number of piperidine rings is 1. The average molecular weight is 444 g/mol. The number of amides is 1. The zero-order valence-electron chi connectivity index (χ0n) is 18.1. The normalized spacial score (nSPS) is 16.5. The van der Waals surface area contributed by atoms with Gasteiger partial charge in [-0.15, -0.1) is 0 Å². The number of hydrogen-bond donors (Lipinski definition) is 0. The number of benzene rings is 1. The topological polar surface area (TPSA) is 73.4 Å². The fourth-order valence-electron chi connectivity index (χ4n) is 4.17. The zero-order valence-corrected chi connectivity index (χ0v) is 18.1. The molecular formula is C23H26F2N4O3. The van der Waals surface area contributed by atoms with Crippen LogP contribution >= 0.6 is 0 Å². The summed E-state index contributed by atoms with van der Waals surface area (Å²) in [5.74, 6) is 1.63. The van der Waals surface area contributed by atoms with E-state index in [4.69, 9.17) is 9.15 Å². The Morgan fingerprint density at radius 1 is 1.31 bits per heavy atom. The third kappa shape index (κ3) is 4.66. The number of para-hydroxylation sites is 1. The lowest BCUT2D eigenvalue weighted by Crippen LogP contribution is -2.40. The van der Waals surface area contributed by atoms with Gasteiger partial charge < -0.3 is 14.1 Å².